The molecule has 2 aromatic rings. The third kappa shape index (κ3) is 3.55. The van der Waals surface area contributed by atoms with Crippen LogP contribution in [0.5, 0.6) is 0 Å². The number of benzene rings is 1. The molecule has 1 atom stereocenters. The average Bonchev–Trinajstić information content (AvgIpc) is 3.09. The van der Waals surface area contributed by atoms with Gasteiger partial charge in [-0.25, -0.2) is 0 Å². The smallest absolute Gasteiger partial charge is 0.295 e. The first kappa shape index (κ1) is 20.1. The molecule has 3 rings (SSSR count). The molecule has 1 saturated heterocycles. The molecule has 0 radical (unpaired) electrons. The number of Topliss-reactive ketones (excluding diaryl/α,β-unsaturated/α-hetero) is 1. The van der Waals surface area contributed by atoms with E-state index >= 15 is 0 Å². The Morgan fingerprint density at radius 3 is 2.61 bits per heavy atom. The topological polar surface area (TPSA) is 89.5 Å². The van der Waals surface area contributed by atoms with Gasteiger partial charge >= 0.3 is 0 Å². The van der Waals surface area contributed by atoms with E-state index in [1.165, 1.54) is 4.90 Å². The predicted octanol–water partition coefficient (Wildman–Crippen LogP) is 2.66. The fraction of sp³-hybridized carbons (Fsp3) is 0.350. The number of aliphatic hydroxyl groups is 1. The molecule has 0 spiro atoms. The molecule has 1 aliphatic rings. The minimum atomic E-state index is -0.715. The zero-order chi connectivity index (χ0) is 20.6. The first-order valence-electron chi connectivity index (χ1n) is 8.93. The van der Waals surface area contributed by atoms with Crippen LogP contribution in [0.25, 0.3) is 5.76 Å². The average molecular weight is 403 g/mol. The molecule has 8 heteroatoms. The molecular formula is C20H23ClN4O3. The summed E-state index contributed by atoms with van der Waals surface area (Å²) in [5.41, 5.74) is 2.35. The molecule has 2 heterocycles. The minimum Gasteiger partial charge on any atom is -0.507 e. The third-order valence-electron chi connectivity index (χ3n) is 4.86. The molecule has 1 fully saturated rings. The molecule has 0 saturated carbocycles. The normalized spacial score (nSPS) is 19.1. The Balaban J connectivity index is 2.20. The van der Waals surface area contributed by atoms with Gasteiger partial charge in [0.25, 0.3) is 11.7 Å². The summed E-state index contributed by atoms with van der Waals surface area (Å²) in [5.74, 6) is -1.56. The lowest BCUT2D eigenvalue weighted by Crippen LogP contribution is -2.35. The Morgan fingerprint density at radius 2 is 2.04 bits per heavy atom. The molecule has 1 unspecified atom stereocenters. The monoisotopic (exact) mass is 402 g/mol. The van der Waals surface area contributed by atoms with Crippen LogP contribution in [0.2, 0.25) is 5.02 Å². The molecule has 28 heavy (non-hydrogen) atoms. The van der Waals surface area contributed by atoms with Crippen molar-refractivity contribution in [1.29, 1.82) is 0 Å². The van der Waals surface area contributed by atoms with E-state index in [4.69, 9.17) is 11.6 Å². The number of nitrogens with zero attached hydrogens (tertiary/aromatic N) is 3. The van der Waals surface area contributed by atoms with Gasteiger partial charge in [0, 0.05) is 23.8 Å². The number of amides is 1. The van der Waals surface area contributed by atoms with Crippen LogP contribution in [-0.2, 0) is 9.59 Å². The lowest BCUT2D eigenvalue weighted by Gasteiger charge is -2.26. The number of hydrogen-bond donors (Lipinski definition) is 2. The number of likely N-dealkylation sites (tertiary alicyclic amines) is 1. The van der Waals surface area contributed by atoms with Gasteiger partial charge in [-0.2, -0.15) is 5.10 Å². The quantitative estimate of drug-likeness (QED) is 0.456. The number of aryl methyl sites for hydroxylation is 2. The third-order valence-corrected chi connectivity index (χ3v) is 5.09. The van der Waals surface area contributed by atoms with Gasteiger partial charge in [0.2, 0.25) is 0 Å². The van der Waals surface area contributed by atoms with Crippen LogP contribution >= 0.6 is 11.6 Å². The Kier molecular flexibility index (Phi) is 5.58. The van der Waals surface area contributed by atoms with Crippen molar-refractivity contribution in [2.75, 3.05) is 27.2 Å². The van der Waals surface area contributed by atoms with Crippen molar-refractivity contribution in [2.24, 2.45) is 0 Å². The molecule has 0 bridgehead atoms. The summed E-state index contributed by atoms with van der Waals surface area (Å²) in [4.78, 5) is 29.1. The highest BCUT2D eigenvalue weighted by Gasteiger charge is 2.46. The second kappa shape index (κ2) is 7.77. The van der Waals surface area contributed by atoms with Crippen molar-refractivity contribution in [3.8, 4) is 0 Å². The van der Waals surface area contributed by atoms with Gasteiger partial charge in [0.15, 0.2) is 0 Å². The van der Waals surface area contributed by atoms with E-state index in [1.54, 1.807) is 38.1 Å². The van der Waals surface area contributed by atoms with Crippen LogP contribution < -0.4 is 0 Å². The van der Waals surface area contributed by atoms with Gasteiger partial charge in [-0.3, -0.25) is 14.7 Å². The van der Waals surface area contributed by atoms with Crippen molar-refractivity contribution in [3.63, 3.8) is 0 Å². The van der Waals surface area contributed by atoms with Gasteiger partial charge in [-0.05, 0) is 45.6 Å². The maximum atomic E-state index is 12.9. The zero-order valence-corrected chi connectivity index (χ0v) is 17.0. The predicted molar refractivity (Wildman–Crippen MR) is 107 cm³/mol. The largest absolute Gasteiger partial charge is 0.507 e. The van der Waals surface area contributed by atoms with E-state index < -0.39 is 17.7 Å². The number of hydrogen-bond acceptors (Lipinski definition) is 5. The van der Waals surface area contributed by atoms with Gasteiger partial charge in [0.1, 0.15) is 5.76 Å². The number of aromatic nitrogens is 2. The standard InChI is InChI=1S/C20H23ClN4O3/c1-11-15(12(2)23-22-11)18(26)16-17(13-6-5-7-14(21)10-13)25(9-8-24(3)4)20(28)19(16)27/h5-7,10,17,26H,8-9H2,1-4H3,(H,22,23). The van der Waals surface area contributed by atoms with Crippen LogP contribution in [0.1, 0.15) is 28.6 Å². The summed E-state index contributed by atoms with van der Waals surface area (Å²) in [6, 6.07) is 6.28. The number of aromatic amines is 1. The first-order chi connectivity index (χ1) is 13.2. The Bertz CT molecular complexity index is 945. The lowest BCUT2D eigenvalue weighted by molar-refractivity contribution is -0.140. The van der Waals surface area contributed by atoms with E-state index in [1.807, 2.05) is 19.0 Å². The molecule has 1 aromatic heterocycles. The number of H-pyrrole nitrogens is 1. The number of carbonyl (C=O) groups is 2. The van der Waals surface area contributed by atoms with Crippen LogP contribution in [0.15, 0.2) is 29.8 Å². The van der Waals surface area contributed by atoms with Gasteiger partial charge in [0.05, 0.1) is 22.9 Å². The summed E-state index contributed by atoms with van der Waals surface area (Å²) in [5, 5.41) is 18.4. The molecule has 1 aliphatic heterocycles. The maximum Gasteiger partial charge on any atom is 0.295 e. The van der Waals surface area contributed by atoms with E-state index in [-0.39, 0.29) is 11.3 Å². The Labute approximate surface area is 168 Å². The second-order valence-electron chi connectivity index (χ2n) is 7.16. The number of rotatable bonds is 5. The molecule has 148 valence electrons. The molecule has 1 aromatic carbocycles. The van der Waals surface area contributed by atoms with Crippen LogP contribution in [0.3, 0.4) is 0 Å². The van der Waals surface area contributed by atoms with Crippen LogP contribution in [-0.4, -0.2) is 64.0 Å². The number of carbonyl (C=O) groups excluding carboxylic acids is 2. The molecule has 7 nitrogen and oxygen atoms in total. The number of halogens is 1. The zero-order valence-electron chi connectivity index (χ0n) is 16.3. The van der Waals surface area contributed by atoms with Crippen molar-refractivity contribution in [1.82, 2.24) is 20.0 Å². The van der Waals surface area contributed by atoms with Gasteiger partial charge in [-0.15, -0.1) is 0 Å². The Hall–Kier alpha value is -2.64. The molecule has 1 amide bonds. The lowest BCUT2D eigenvalue weighted by atomic mass is 9.95. The number of likely N-dealkylation sites (N-methyl/N-ethyl adjacent to an activating group) is 1. The molecule has 2 N–H and O–H groups in total. The SMILES string of the molecule is Cc1n[nH]c(C)c1C(O)=C1C(=O)C(=O)N(CCN(C)C)C1c1cccc(Cl)c1. The summed E-state index contributed by atoms with van der Waals surface area (Å²) >= 11 is 6.16. The number of nitrogens with one attached hydrogen (secondary N) is 1. The van der Waals surface area contributed by atoms with E-state index in [9.17, 15) is 14.7 Å². The van der Waals surface area contributed by atoms with Gasteiger partial charge < -0.3 is 14.9 Å². The second-order valence-corrected chi connectivity index (χ2v) is 7.60. The van der Waals surface area contributed by atoms with Crippen LogP contribution in [0.4, 0.5) is 0 Å². The van der Waals surface area contributed by atoms with Crippen molar-refractivity contribution in [2.45, 2.75) is 19.9 Å². The van der Waals surface area contributed by atoms with E-state index in [2.05, 4.69) is 10.2 Å². The molecular weight excluding hydrogens is 380 g/mol. The summed E-state index contributed by atoms with van der Waals surface area (Å²) in [6.07, 6.45) is 0. The fourth-order valence-corrected chi connectivity index (χ4v) is 3.67. The first-order valence-corrected chi connectivity index (χ1v) is 9.30. The van der Waals surface area contributed by atoms with E-state index in [0.717, 1.165) is 0 Å². The van der Waals surface area contributed by atoms with Crippen molar-refractivity contribution < 1.29 is 14.7 Å². The van der Waals surface area contributed by atoms with Crippen LogP contribution in [0, 0.1) is 13.8 Å². The van der Waals surface area contributed by atoms with E-state index in [0.29, 0.717) is 40.6 Å². The maximum absolute atomic E-state index is 12.9. The van der Waals surface area contributed by atoms with Gasteiger partial charge in [-0.1, -0.05) is 23.7 Å². The molecule has 0 aliphatic carbocycles. The highest BCUT2D eigenvalue weighted by Crippen LogP contribution is 2.40. The number of aliphatic hydroxyl groups excluding tert-OH is 1. The minimum absolute atomic E-state index is 0.0543. The summed E-state index contributed by atoms with van der Waals surface area (Å²) in [7, 11) is 3.78. The summed E-state index contributed by atoms with van der Waals surface area (Å²) < 4.78 is 0. The Morgan fingerprint density at radius 1 is 1.32 bits per heavy atom. The highest BCUT2D eigenvalue weighted by atomic mass is 35.5. The highest BCUT2D eigenvalue weighted by molar-refractivity contribution is 6.46. The van der Waals surface area contributed by atoms with Crippen molar-refractivity contribution >= 4 is 29.1 Å². The number of ketones is 1. The van der Waals surface area contributed by atoms with Crippen molar-refractivity contribution in [3.05, 3.63) is 57.4 Å². The fourth-order valence-electron chi connectivity index (χ4n) is 3.48. The summed E-state index contributed by atoms with van der Waals surface area (Å²) in [6.45, 7) is 4.41.